The van der Waals surface area contributed by atoms with E-state index in [4.69, 9.17) is 0 Å². The first-order valence-electron chi connectivity index (χ1n) is 7.28. The molecule has 0 saturated carbocycles. The molecule has 1 aliphatic rings. The van der Waals surface area contributed by atoms with E-state index < -0.39 is 16.9 Å². The highest BCUT2D eigenvalue weighted by atomic mass is 16.4. The van der Waals surface area contributed by atoms with Crippen LogP contribution in [0.3, 0.4) is 0 Å². The number of piperidine rings is 1. The lowest BCUT2D eigenvalue weighted by Crippen LogP contribution is -2.60. The molecule has 5 nitrogen and oxygen atoms in total. The van der Waals surface area contributed by atoms with Crippen LogP contribution in [0.2, 0.25) is 0 Å². The van der Waals surface area contributed by atoms with E-state index >= 15 is 0 Å². The summed E-state index contributed by atoms with van der Waals surface area (Å²) in [5, 5.41) is 12.2. The van der Waals surface area contributed by atoms with Crippen molar-refractivity contribution in [1.29, 1.82) is 0 Å². The minimum absolute atomic E-state index is 0.164. The molecular weight excluding hydrogens is 256 g/mol. The summed E-state index contributed by atoms with van der Waals surface area (Å²) in [6, 6.07) is -0.164. The highest BCUT2D eigenvalue weighted by Crippen LogP contribution is 2.31. The SMILES string of the molecule is CC1CC(C)CN(C(=O)NC(C)(C)C(C)(C)C(=O)O)C1. The molecule has 0 spiro atoms. The molecule has 1 heterocycles. The summed E-state index contributed by atoms with van der Waals surface area (Å²) in [6.07, 6.45) is 1.13. The number of aliphatic carboxylic acids is 1. The Bertz CT molecular complexity index is 381. The van der Waals surface area contributed by atoms with Crippen LogP contribution in [0.25, 0.3) is 0 Å². The van der Waals surface area contributed by atoms with E-state index in [0.29, 0.717) is 11.8 Å². The molecule has 0 aromatic heterocycles. The molecule has 5 heteroatoms. The maximum Gasteiger partial charge on any atom is 0.317 e. The number of nitrogens with zero attached hydrogens (tertiary/aromatic N) is 1. The molecule has 0 bridgehead atoms. The second-order valence-electron chi connectivity index (χ2n) is 7.34. The Hall–Kier alpha value is -1.26. The van der Waals surface area contributed by atoms with Crippen molar-refractivity contribution in [1.82, 2.24) is 10.2 Å². The Morgan fingerprint density at radius 2 is 1.55 bits per heavy atom. The van der Waals surface area contributed by atoms with Crippen molar-refractivity contribution in [2.24, 2.45) is 17.3 Å². The van der Waals surface area contributed by atoms with Gasteiger partial charge in [-0.2, -0.15) is 0 Å². The van der Waals surface area contributed by atoms with Crippen LogP contribution in [0.4, 0.5) is 4.79 Å². The monoisotopic (exact) mass is 284 g/mol. The van der Waals surface area contributed by atoms with Gasteiger partial charge in [0.2, 0.25) is 0 Å². The number of amides is 2. The molecule has 2 amide bonds. The fourth-order valence-electron chi connectivity index (χ4n) is 2.60. The molecule has 116 valence electrons. The summed E-state index contributed by atoms with van der Waals surface area (Å²) in [5.41, 5.74) is -1.85. The maximum atomic E-state index is 12.4. The topological polar surface area (TPSA) is 69.6 Å². The Balaban J connectivity index is 2.77. The Morgan fingerprint density at radius 1 is 1.10 bits per heavy atom. The standard InChI is InChI=1S/C15H28N2O3/c1-10-7-11(2)9-17(8-10)13(20)16-15(5,6)14(3,4)12(18)19/h10-11H,7-9H2,1-6H3,(H,16,20)(H,18,19). The second kappa shape index (κ2) is 5.62. The van der Waals surface area contributed by atoms with Gasteiger partial charge in [0.05, 0.1) is 11.0 Å². The maximum absolute atomic E-state index is 12.4. The lowest BCUT2D eigenvalue weighted by Gasteiger charge is -2.42. The lowest BCUT2D eigenvalue weighted by molar-refractivity contribution is -0.150. The molecule has 0 aromatic rings. The van der Waals surface area contributed by atoms with Gasteiger partial charge in [-0.25, -0.2) is 4.79 Å². The molecule has 0 radical (unpaired) electrons. The van der Waals surface area contributed by atoms with Gasteiger partial charge in [0.1, 0.15) is 0 Å². The Morgan fingerprint density at radius 3 is 1.95 bits per heavy atom. The van der Waals surface area contributed by atoms with Crippen LogP contribution < -0.4 is 5.32 Å². The smallest absolute Gasteiger partial charge is 0.317 e. The minimum Gasteiger partial charge on any atom is -0.481 e. The number of hydrogen-bond donors (Lipinski definition) is 2. The highest BCUT2D eigenvalue weighted by molar-refractivity contribution is 5.79. The zero-order valence-electron chi connectivity index (χ0n) is 13.5. The van der Waals surface area contributed by atoms with Crippen molar-refractivity contribution in [2.45, 2.75) is 53.5 Å². The number of carboxylic acid groups (broad SMARTS) is 1. The van der Waals surface area contributed by atoms with Gasteiger partial charge in [0, 0.05) is 13.1 Å². The van der Waals surface area contributed by atoms with Crippen molar-refractivity contribution in [3.63, 3.8) is 0 Å². The average molecular weight is 284 g/mol. The van der Waals surface area contributed by atoms with Crippen molar-refractivity contribution in [3.8, 4) is 0 Å². The molecule has 20 heavy (non-hydrogen) atoms. The van der Waals surface area contributed by atoms with E-state index in [1.54, 1.807) is 32.6 Å². The Labute approximate surface area is 121 Å². The first kappa shape index (κ1) is 16.8. The molecule has 2 N–H and O–H groups in total. The summed E-state index contributed by atoms with van der Waals surface area (Å²) in [7, 11) is 0. The second-order valence-corrected chi connectivity index (χ2v) is 7.34. The van der Waals surface area contributed by atoms with Gasteiger partial charge in [0.15, 0.2) is 0 Å². The van der Waals surface area contributed by atoms with E-state index in [1.807, 2.05) is 0 Å². The average Bonchev–Trinajstić information content (AvgIpc) is 2.26. The normalized spacial score (nSPS) is 24.4. The van der Waals surface area contributed by atoms with Crippen LogP contribution in [-0.2, 0) is 4.79 Å². The van der Waals surface area contributed by atoms with Gasteiger partial charge in [-0.15, -0.1) is 0 Å². The quantitative estimate of drug-likeness (QED) is 0.837. The zero-order chi connectivity index (χ0) is 15.7. The summed E-state index contributed by atoms with van der Waals surface area (Å²) in [4.78, 5) is 25.6. The van der Waals surface area contributed by atoms with Gasteiger partial charge in [-0.05, 0) is 46.0 Å². The third-order valence-electron chi connectivity index (χ3n) is 4.67. The number of nitrogens with one attached hydrogen (secondary N) is 1. The van der Waals surface area contributed by atoms with E-state index in [1.165, 1.54) is 0 Å². The Kier molecular flexibility index (Phi) is 4.72. The molecule has 0 aliphatic carbocycles. The third kappa shape index (κ3) is 3.44. The van der Waals surface area contributed by atoms with Crippen LogP contribution >= 0.6 is 0 Å². The molecular formula is C15H28N2O3. The van der Waals surface area contributed by atoms with Crippen molar-refractivity contribution < 1.29 is 14.7 Å². The van der Waals surface area contributed by atoms with E-state index in [-0.39, 0.29) is 6.03 Å². The first-order valence-corrected chi connectivity index (χ1v) is 7.28. The summed E-state index contributed by atoms with van der Waals surface area (Å²) in [5.74, 6) is 0.0587. The minimum atomic E-state index is -1.03. The number of carbonyl (C=O) groups excluding carboxylic acids is 1. The number of likely N-dealkylation sites (tertiary alicyclic amines) is 1. The number of urea groups is 1. The largest absolute Gasteiger partial charge is 0.481 e. The lowest BCUT2D eigenvalue weighted by atomic mass is 9.74. The number of carbonyl (C=O) groups is 2. The number of carboxylic acids is 1. The number of rotatable bonds is 3. The van der Waals surface area contributed by atoms with Crippen LogP contribution in [0.1, 0.15) is 48.0 Å². The fourth-order valence-corrected chi connectivity index (χ4v) is 2.60. The van der Waals surface area contributed by atoms with Crippen LogP contribution in [-0.4, -0.2) is 40.6 Å². The molecule has 1 rings (SSSR count). The van der Waals surface area contributed by atoms with Gasteiger partial charge >= 0.3 is 12.0 Å². The predicted molar refractivity (Wildman–Crippen MR) is 78.5 cm³/mol. The van der Waals surface area contributed by atoms with E-state index in [2.05, 4.69) is 19.2 Å². The van der Waals surface area contributed by atoms with E-state index in [0.717, 1.165) is 19.5 Å². The van der Waals surface area contributed by atoms with Crippen LogP contribution in [0.5, 0.6) is 0 Å². The van der Waals surface area contributed by atoms with Crippen LogP contribution in [0, 0.1) is 17.3 Å². The third-order valence-corrected chi connectivity index (χ3v) is 4.67. The first-order chi connectivity index (χ1) is 8.97. The van der Waals surface area contributed by atoms with Gasteiger partial charge in [0.25, 0.3) is 0 Å². The molecule has 1 aliphatic heterocycles. The highest BCUT2D eigenvalue weighted by Gasteiger charge is 2.45. The molecule has 1 saturated heterocycles. The van der Waals surface area contributed by atoms with Crippen molar-refractivity contribution in [3.05, 3.63) is 0 Å². The van der Waals surface area contributed by atoms with E-state index in [9.17, 15) is 14.7 Å². The summed E-state index contributed by atoms with van der Waals surface area (Å²) in [6.45, 7) is 12.5. The van der Waals surface area contributed by atoms with Crippen molar-refractivity contribution >= 4 is 12.0 Å². The van der Waals surface area contributed by atoms with Crippen molar-refractivity contribution in [2.75, 3.05) is 13.1 Å². The zero-order valence-corrected chi connectivity index (χ0v) is 13.5. The van der Waals surface area contributed by atoms with Crippen LogP contribution in [0.15, 0.2) is 0 Å². The number of hydrogen-bond acceptors (Lipinski definition) is 2. The van der Waals surface area contributed by atoms with Gasteiger partial charge in [-0.1, -0.05) is 13.8 Å². The fraction of sp³-hybridized carbons (Fsp3) is 0.867. The van der Waals surface area contributed by atoms with Gasteiger partial charge in [-0.3, -0.25) is 4.79 Å². The molecule has 1 fully saturated rings. The summed E-state index contributed by atoms with van der Waals surface area (Å²) < 4.78 is 0. The van der Waals surface area contributed by atoms with Gasteiger partial charge < -0.3 is 15.3 Å². The summed E-state index contributed by atoms with van der Waals surface area (Å²) >= 11 is 0. The molecule has 2 atom stereocenters. The molecule has 2 unspecified atom stereocenters. The molecule has 0 aromatic carbocycles. The predicted octanol–water partition coefficient (Wildman–Crippen LogP) is 2.56.